The molecule has 15 heavy (non-hydrogen) atoms. The summed E-state index contributed by atoms with van der Waals surface area (Å²) in [6, 6.07) is 0. The molecule has 0 saturated heterocycles. The van der Waals surface area contributed by atoms with E-state index in [-0.39, 0.29) is 0 Å². The standard InChI is InChI=1S/C11H22N4/c1-3-5-6-11(4-2)7-12-9-15-10-13-8-14-15/h8,10-12H,3-7,9H2,1-2H3. The molecule has 0 spiro atoms. The lowest BCUT2D eigenvalue weighted by Gasteiger charge is -2.14. The average Bonchev–Trinajstić information content (AvgIpc) is 2.76. The maximum atomic E-state index is 4.04. The quantitative estimate of drug-likeness (QED) is 0.714. The lowest BCUT2D eigenvalue weighted by molar-refractivity contribution is 0.389. The van der Waals surface area contributed by atoms with Crippen molar-refractivity contribution in [1.29, 1.82) is 0 Å². The summed E-state index contributed by atoms with van der Waals surface area (Å²) in [5.74, 6) is 0.800. The Labute approximate surface area is 92.1 Å². The van der Waals surface area contributed by atoms with E-state index in [9.17, 15) is 0 Å². The second kappa shape index (κ2) is 7.40. The molecule has 1 unspecified atom stereocenters. The first-order valence-electron chi connectivity index (χ1n) is 5.90. The van der Waals surface area contributed by atoms with E-state index in [1.807, 2.05) is 4.68 Å². The molecule has 0 aromatic carbocycles. The topological polar surface area (TPSA) is 42.7 Å². The molecule has 0 amide bonds. The van der Waals surface area contributed by atoms with Crippen LogP contribution in [-0.2, 0) is 6.67 Å². The lowest BCUT2D eigenvalue weighted by Crippen LogP contribution is -2.25. The third kappa shape index (κ3) is 4.93. The first-order valence-corrected chi connectivity index (χ1v) is 5.90. The maximum Gasteiger partial charge on any atom is 0.137 e. The summed E-state index contributed by atoms with van der Waals surface area (Å²) in [7, 11) is 0. The van der Waals surface area contributed by atoms with Crippen molar-refractivity contribution < 1.29 is 0 Å². The minimum absolute atomic E-state index is 0.766. The summed E-state index contributed by atoms with van der Waals surface area (Å²) < 4.78 is 1.81. The second-order valence-corrected chi connectivity index (χ2v) is 3.96. The highest BCUT2D eigenvalue weighted by Crippen LogP contribution is 2.10. The van der Waals surface area contributed by atoms with Crippen LogP contribution >= 0.6 is 0 Å². The molecule has 1 N–H and O–H groups in total. The van der Waals surface area contributed by atoms with E-state index in [4.69, 9.17) is 0 Å². The van der Waals surface area contributed by atoms with Gasteiger partial charge in [0.2, 0.25) is 0 Å². The van der Waals surface area contributed by atoms with E-state index in [1.54, 1.807) is 12.7 Å². The van der Waals surface area contributed by atoms with Gasteiger partial charge in [-0.1, -0.05) is 33.1 Å². The van der Waals surface area contributed by atoms with Crippen LogP contribution in [0.15, 0.2) is 12.7 Å². The van der Waals surface area contributed by atoms with Gasteiger partial charge in [0.25, 0.3) is 0 Å². The molecular formula is C11H22N4. The number of nitrogens with zero attached hydrogens (tertiary/aromatic N) is 3. The molecule has 1 aromatic rings. The third-order valence-corrected chi connectivity index (χ3v) is 2.72. The zero-order chi connectivity index (χ0) is 10.9. The highest BCUT2D eigenvalue weighted by Gasteiger charge is 2.04. The average molecular weight is 210 g/mol. The fourth-order valence-electron chi connectivity index (χ4n) is 1.64. The summed E-state index contributed by atoms with van der Waals surface area (Å²) >= 11 is 0. The zero-order valence-electron chi connectivity index (χ0n) is 9.82. The van der Waals surface area contributed by atoms with Crippen molar-refractivity contribution in [2.45, 2.75) is 46.2 Å². The Bertz CT molecular complexity index is 233. The van der Waals surface area contributed by atoms with Gasteiger partial charge in [0, 0.05) is 0 Å². The highest BCUT2D eigenvalue weighted by atomic mass is 15.4. The van der Waals surface area contributed by atoms with Crippen molar-refractivity contribution in [2.75, 3.05) is 6.54 Å². The number of nitrogens with one attached hydrogen (secondary N) is 1. The van der Waals surface area contributed by atoms with Gasteiger partial charge >= 0.3 is 0 Å². The van der Waals surface area contributed by atoms with Gasteiger partial charge in [0.15, 0.2) is 0 Å². The molecule has 0 bridgehead atoms. The summed E-state index contributed by atoms with van der Waals surface area (Å²) in [5, 5.41) is 7.45. The van der Waals surface area contributed by atoms with Crippen LogP contribution in [0.3, 0.4) is 0 Å². The van der Waals surface area contributed by atoms with Gasteiger partial charge in [-0.2, -0.15) is 5.10 Å². The van der Waals surface area contributed by atoms with Crippen molar-refractivity contribution in [3.63, 3.8) is 0 Å². The molecule has 0 aliphatic heterocycles. The minimum Gasteiger partial charge on any atom is -0.298 e. The van der Waals surface area contributed by atoms with Crippen LogP contribution in [0.25, 0.3) is 0 Å². The van der Waals surface area contributed by atoms with Crippen LogP contribution in [0.4, 0.5) is 0 Å². The Balaban J connectivity index is 2.11. The predicted octanol–water partition coefficient (Wildman–Crippen LogP) is 2.04. The molecule has 1 rings (SSSR count). The van der Waals surface area contributed by atoms with Gasteiger partial charge in [-0.3, -0.25) is 5.32 Å². The van der Waals surface area contributed by atoms with E-state index < -0.39 is 0 Å². The number of aromatic nitrogens is 3. The van der Waals surface area contributed by atoms with Gasteiger partial charge < -0.3 is 0 Å². The fraction of sp³-hybridized carbons (Fsp3) is 0.818. The van der Waals surface area contributed by atoms with Gasteiger partial charge in [0.1, 0.15) is 12.7 Å². The molecule has 4 nitrogen and oxygen atoms in total. The van der Waals surface area contributed by atoms with Crippen LogP contribution in [0, 0.1) is 5.92 Å². The van der Waals surface area contributed by atoms with Crippen LogP contribution < -0.4 is 5.32 Å². The molecular weight excluding hydrogens is 188 g/mol. The number of hydrogen-bond acceptors (Lipinski definition) is 3. The van der Waals surface area contributed by atoms with Crippen LogP contribution in [0.2, 0.25) is 0 Å². The molecule has 0 radical (unpaired) electrons. The van der Waals surface area contributed by atoms with Gasteiger partial charge in [-0.05, 0) is 18.9 Å². The summed E-state index contributed by atoms with van der Waals surface area (Å²) in [5.41, 5.74) is 0. The molecule has 0 saturated carbocycles. The zero-order valence-corrected chi connectivity index (χ0v) is 9.82. The first-order chi connectivity index (χ1) is 7.36. The Kier molecular flexibility index (Phi) is 6.00. The Morgan fingerprint density at radius 2 is 2.27 bits per heavy atom. The van der Waals surface area contributed by atoms with Gasteiger partial charge in [-0.25, -0.2) is 9.67 Å². The summed E-state index contributed by atoms with van der Waals surface area (Å²) in [6.07, 6.45) is 8.51. The van der Waals surface area contributed by atoms with Crippen molar-refractivity contribution in [1.82, 2.24) is 20.1 Å². The van der Waals surface area contributed by atoms with Crippen LogP contribution in [0.1, 0.15) is 39.5 Å². The normalized spacial score (nSPS) is 12.9. The van der Waals surface area contributed by atoms with Gasteiger partial charge in [-0.15, -0.1) is 0 Å². The number of rotatable bonds is 8. The fourth-order valence-corrected chi connectivity index (χ4v) is 1.64. The first kappa shape index (κ1) is 12.2. The van der Waals surface area contributed by atoms with E-state index in [1.165, 1.54) is 25.7 Å². The van der Waals surface area contributed by atoms with Crippen molar-refractivity contribution in [3.05, 3.63) is 12.7 Å². The minimum atomic E-state index is 0.766. The predicted molar refractivity (Wildman–Crippen MR) is 61.3 cm³/mol. The van der Waals surface area contributed by atoms with Crippen molar-refractivity contribution >= 4 is 0 Å². The third-order valence-electron chi connectivity index (χ3n) is 2.72. The van der Waals surface area contributed by atoms with E-state index >= 15 is 0 Å². The monoisotopic (exact) mass is 210 g/mol. The maximum absolute atomic E-state index is 4.04. The van der Waals surface area contributed by atoms with E-state index in [2.05, 4.69) is 29.2 Å². The highest BCUT2D eigenvalue weighted by molar-refractivity contribution is 4.61. The SMILES string of the molecule is CCCCC(CC)CNCn1cncn1. The Morgan fingerprint density at radius 3 is 2.87 bits per heavy atom. The Morgan fingerprint density at radius 1 is 1.40 bits per heavy atom. The van der Waals surface area contributed by atoms with Crippen molar-refractivity contribution in [3.8, 4) is 0 Å². The molecule has 1 heterocycles. The molecule has 1 atom stereocenters. The summed E-state index contributed by atoms with van der Waals surface area (Å²) in [6.45, 7) is 6.35. The van der Waals surface area contributed by atoms with Crippen LogP contribution in [-0.4, -0.2) is 21.3 Å². The number of hydrogen-bond donors (Lipinski definition) is 1. The van der Waals surface area contributed by atoms with Gasteiger partial charge in [0.05, 0.1) is 6.67 Å². The lowest BCUT2D eigenvalue weighted by atomic mass is 10.00. The molecule has 4 heteroatoms. The Hall–Kier alpha value is -0.900. The van der Waals surface area contributed by atoms with E-state index in [0.717, 1.165) is 19.1 Å². The summed E-state index contributed by atoms with van der Waals surface area (Å²) in [4.78, 5) is 3.90. The van der Waals surface area contributed by atoms with Crippen LogP contribution in [0.5, 0.6) is 0 Å². The molecule has 0 aliphatic rings. The molecule has 86 valence electrons. The smallest absolute Gasteiger partial charge is 0.137 e. The molecule has 0 fully saturated rings. The molecule has 1 aromatic heterocycles. The molecule has 0 aliphatic carbocycles. The second-order valence-electron chi connectivity index (χ2n) is 3.96. The van der Waals surface area contributed by atoms with Crippen molar-refractivity contribution in [2.24, 2.45) is 5.92 Å². The van der Waals surface area contributed by atoms with E-state index in [0.29, 0.717) is 0 Å². The largest absolute Gasteiger partial charge is 0.298 e. The number of unbranched alkanes of at least 4 members (excludes halogenated alkanes) is 1.